The molecular formula is C29H50N4O5. The highest BCUT2D eigenvalue weighted by Gasteiger charge is 2.38. The third-order valence-corrected chi connectivity index (χ3v) is 7.96. The molecule has 0 radical (unpaired) electrons. The molecule has 3 amide bonds. The van der Waals surface area contributed by atoms with Crippen molar-refractivity contribution >= 4 is 23.7 Å². The Balaban J connectivity index is 2.21. The van der Waals surface area contributed by atoms with Crippen LogP contribution in [-0.4, -0.2) is 95.8 Å². The number of hydrogen-bond acceptors (Lipinski definition) is 6. The standard InChI is InChI=1S/C29H50N4O5/c1-18(2)24(17-21(7)27(35)33-16-12-14-23(33)29(37)38-9)31(8)28(36)25(19(3)4)30-26(34)22-13-10-11-15-32(22)20(5)6/h17-20,22-25H,10-16H2,1-9H3,(H,30,34)/b21-17+/t22-,23+,24-,25?/m1/s1. The number of esters is 1. The maximum atomic E-state index is 13.8. The minimum absolute atomic E-state index is 0.0278. The van der Waals surface area contributed by atoms with Crippen molar-refractivity contribution in [2.24, 2.45) is 11.8 Å². The highest BCUT2D eigenvalue weighted by molar-refractivity contribution is 5.96. The summed E-state index contributed by atoms with van der Waals surface area (Å²) in [6.45, 7) is 15.2. The van der Waals surface area contributed by atoms with Gasteiger partial charge >= 0.3 is 5.97 Å². The summed E-state index contributed by atoms with van der Waals surface area (Å²) in [6.07, 6.45) is 6.02. The number of methoxy groups -OCH3 is 1. The number of likely N-dealkylation sites (tertiary alicyclic amines) is 2. The summed E-state index contributed by atoms with van der Waals surface area (Å²) in [5.74, 6) is -0.964. The Morgan fingerprint density at radius 3 is 2.11 bits per heavy atom. The van der Waals surface area contributed by atoms with Gasteiger partial charge in [0.2, 0.25) is 17.7 Å². The average molecular weight is 535 g/mol. The summed E-state index contributed by atoms with van der Waals surface area (Å²) in [7, 11) is 3.07. The lowest BCUT2D eigenvalue weighted by Crippen LogP contribution is -2.58. The number of piperidine rings is 1. The van der Waals surface area contributed by atoms with Crippen LogP contribution in [0, 0.1) is 11.8 Å². The maximum absolute atomic E-state index is 13.8. The average Bonchev–Trinajstić information content (AvgIpc) is 3.37. The van der Waals surface area contributed by atoms with E-state index < -0.39 is 18.1 Å². The Kier molecular flexibility index (Phi) is 11.8. The van der Waals surface area contributed by atoms with E-state index in [0.29, 0.717) is 18.5 Å². The second kappa shape index (κ2) is 14.1. The van der Waals surface area contributed by atoms with Gasteiger partial charge in [0.25, 0.3) is 0 Å². The lowest BCUT2D eigenvalue weighted by molar-refractivity contribution is -0.149. The summed E-state index contributed by atoms with van der Waals surface area (Å²) >= 11 is 0. The van der Waals surface area contributed by atoms with Crippen LogP contribution >= 0.6 is 0 Å². The minimum Gasteiger partial charge on any atom is -0.467 e. The van der Waals surface area contributed by atoms with Gasteiger partial charge in [0.1, 0.15) is 12.1 Å². The monoisotopic (exact) mass is 534 g/mol. The molecule has 2 aliphatic heterocycles. The van der Waals surface area contributed by atoms with Crippen molar-refractivity contribution in [1.82, 2.24) is 20.0 Å². The number of carbonyl (C=O) groups excluding carboxylic acids is 4. The molecule has 0 aliphatic carbocycles. The van der Waals surface area contributed by atoms with Gasteiger partial charge in [0, 0.05) is 25.2 Å². The van der Waals surface area contributed by atoms with E-state index >= 15 is 0 Å². The van der Waals surface area contributed by atoms with Crippen LogP contribution < -0.4 is 5.32 Å². The first-order valence-corrected chi connectivity index (χ1v) is 14.2. The van der Waals surface area contributed by atoms with E-state index in [-0.39, 0.29) is 47.7 Å². The number of hydrogen-bond donors (Lipinski definition) is 1. The molecule has 0 bridgehead atoms. The van der Waals surface area contributed by atoms with Crippen molar-refractivity contribution < 1.29 is 23.9 Å². The molecular weight excluding hydrogens is 484 g/mol. The van der Waals surface area contributed by atoms with Gasteiger partial charge < -0.3 is 19.9 Å². The largest absolute Gasteiger partial charge is 0.467 e. The molecule has 9 nitrogen and oxygen atoms in total. The highest BCUT2D eigenvalue weighted by Crippen LogP contribution is 2.24. The van der Waals surface area contributed by atoms with E-state index in [2.05, 4.69) is 24.1 Å². The molecule has 2 rings (SSSR count). The summed E-state index contributed by atoms with van der Waals surface area (Å²) in [5, 5.41) is 3.07. The third-order valence-electron chi connectivity index (χ3n) is 7.96. The normalized spacial score (nSPS) is 22.5. The molecule has 0 aromatic heterocycles. The van der Waals surface area contributed by atoms with E-state index in [9.17, 15) is 19.2 Å². The van der Waals surface area contributed by atoms with Crippen molar-refractivity contribution in [2.45, 2.75) is 111 Å². The van der Waals surface area contributed by atoms with Crippen LogP contribution in [0.4, 0.5) is 0 Å². The fourth-order valence-corrected chi connectivity index (χ4v) is 5.68. The van der Waals surface area contributed by atoms with Crippen molar-refractivity contribution in [2.75, 3.05) is 27.2 Å². The molecule has 0 saturated carbocycles. The molecule has 2 saturated heterocycles. The number of carbonyl (C=O) groups is 4. The topological polar surface area (TPSA) is 99.3 Å². The number of ether oxygens (including phenoxy) is 1. The fraction of sp³-hybridized carbons (Fsp3) is 0.793. The second-order valence-electron chi connectivity index (χ2n) is 11.8. The number of nitrogens with one attached hydrogen (secondary N) is 1. The van der Waals surface area contributed by atoms with Gasteiger partial charge in [-0.3, -0.25) is 19.3 Å². The van der Waals surface area contributed by atoms with Crippen LogP contribution in [-0.2, 0) is 23.9 Å². The van der Waals surface area contributed by atoms with Crippen molar-refractivity contribution in [1.29, 1.82) is 0 Å². The van der Waals surface area contributed by atoms with Crippen molar-refractivity contribution in [3.05, 3.63) is 11.6 Å². The fourth-order valence-electron chi connectivity index (χ4n) is 5.68. The lowest BCUT2D eigenvalue weighted by atomic mass is 9.95. The van der Waals surface area contributed by atoms with E-state index in [4.69, 9.17) is 4.74 Å². The number of rotatable bonds is 10. The van der Waals surface area contributed by atoms with Gasteiger partial charge in [-0.25, -0.2) is 4.79 Å². The first-order valence-electron chi connectivity index (χ1n) is 14.2. The van der Waals surface area contributed by atoms with Crippen LogP contribution in [0.3, 0.4) is 0 Å². The van der Waals surface area contributed by atoms with Crippen molar-refractivity contribution in [3.8, 4) is 0 Å². The van der Waals surface area contributed by atoms with E-state index in [1.807, 2.05) is 33.8 Å². The van der Waals surface area contributed by atoms with Gasteiger partial charge in [-0.15, -0.1) is 0 Å². The van der Waals surface area contributed by atoms with Crippen LogP contribution in [0.15, 0.2) is 11.6 Å². The van der Waals surface area contributed by atoms with Crippen LogP contribution in [0.5, 0.6) is 0 Å². The number of amides is 3. The quantitative estimate of drug-likeness (QED) is 0.342. The van der Waals surface area contributed by atoms with Gasteiger partial charge in [0.05, 0.1) is 19.2 Å². The molecule has 216 valence electrons. The predicted octanol–water partition coefficient (Wildman–Crippen LogP) is 2.98. The number of nitrogens with zero attached hydrogens (tertiary/aromatic N) is 3. The Bertz CT molecular complexity index is 884. The van der Waals surface area contributed by atoms with Gasteiger partial charge in [-0.05, 0) is 64.8 Å². The van der Waals surface area contributed by atoms with Crippen LogP contribution in [0.25, 0.3) is 0 Å². The maximum Gasteiger partial charge on any atom is 0.328 e. The van der Waals surface area contributed by atoms with Gasteiger partial charge in [0.15, 0.2) is 0 Å². The minimum atomic E-state index is -0.670. The SMILES string of the molecule is COC(=O)[C@@H]1CCCN1C(=O)/C(C)=C/[C@H](C(C)C)N(C)C(=O)C(NC(=O)[C@H]1CCCCN1C(C)C)C(C)C. The van der Waals surface area contributed by atoms with Gasteiger partial charge in [-0.1, -0.05) is 40.2 Å². The first kappa shape index (κ1) is 31.8. The number of likely N-dealkylation sites (N-methyl/N-ethyl adjacent to an activating group) is 1. The van der Waals surface area contributed by atoms with E-state index in [1.165, 1.54) is 7.11 Å². The zero-order valence-corrected chi connectivity index (χ0v) is 25.0. The van der Waals surface area contributed by atoms with Crippen LogP contribution in [0.1, 0.15) is 80.6 Å². The van der Waals surface area contributed by atoms with E-state index in [1.54, 1.807) is 23.8 Å². The second-order valence-corrected chi connectivity index (χ2v) is 11.8. The molecule has 1 unspecified atom stereocenters. The summed E-state index contributed by atoms with van der Waals surface area (Å²) in [5.41, 5.74) is 0.485. The molecule has 2 aliphatic rings. The Hall–Kier alpha value is -2.42. The van der Waals surface area contributed by atoms with E-state index in [0.717, 1.165) is 32.2 Å². The summed E-state index contributed by atoms with van der Waals surface area (Å²) < 4.78 is 4.88. The molecule has 9 heteroatoms. The molecule has 2 fully saturated rings. The van der Waals surface area contributed by atoms with Gasteiger partial charge in [-0.2, -0.15) is 0 Å². The first-order chi connectivity index (χ1) is 17.8. The molecule has 0 aromatic carbocycles. The zero-order chi connectivity index (χ0) is 28.7. The molecule has 2 heterocycles. The Morgan fingerprint density at radius 1 is 0.921 bits per heavy atom. The Morgan fingerprint density at radius 2 is 1.55 bits per heavy atom. The summed E-state index contributed by atoms with van der Waals surface area (Å²) in [4.78, 5) is 58.0. The highest BCUT2D eigenvalue weighted by atomic mass is 16.5. The Labute approximate surface area is 229 Å². The molecule has 0 aromatic rings. The molecule has 4 atom stereocenters. The predicted molar refractivity (Wildman–Crippen MR) is 148 cm³/mol. The lowest BCUT2D eigenvalue weighted by Gasteiger charge is -2.39. The molecule has 38 heavy (non-hydrogen) atoms. The van der Waals surface area contributed by atoms with Crippen molar-refractivity contribution in [3.63, 3.8) is 0 Å². The summed E-state index contributed by atoms with van der Waals surface area (Å²) in [6, 6.07) is -1.57. The molecule has 0 spiro atoms. The zero-order valence-electron chi connectivity index (χ0n) is 25.0. The third kappa shape index (κ3) is 7.58. The van der Waals surface area contributed by atoms with Crippen LogP contribution in [0.2, 0.25) is 0 Å². The molecule has 1 N–H and O–H groups in total. The smallest absolute Gasteiger partial charge is 0.328 e.